The predicted molar refractivity (Wildman–Crippen MR) is 55.5 cm³/mol. The lowest BCUT2D eigenvalue weighted by Gasteiger charge is -2.29. The maximum atomic E-state index is 11.9. The smallest absolute Gasteiger partial charge is 0.237 e. The highest BCUT2D eigenvalue weighted by Crippen LogP contribution is 2.47. The van der Waals surface area contributed by atoms with Crippen molar-refractivity contribution in [2.24, 2.45) is 0 Å². The number of fused-ring (bicyclic) bond motifs is 2. The van der Waals surface area contributed by atoms with Crippen molar-refractivity contribution in [1.82, 2.24) is 4.98 Å². The van der Waals surface area contributed by atoms with Crippen LogP contribution in [0.3, 0.4) is 0 Å². The molecule has 1 N–H and O–H groups in total. The van der Waals surface area contributed by atoms with E-state index in [2.05, 4.69) is 10.3 Å². The Morgan fingerprint density at radius 3 is 2.93 bits per heavy atom. The lowest BCUT2D eigenvalue weighted by atomic mass is 9.73. The zero-order valence-corrected chi connectivity index (χ0v) is 8.69. The van der Waals surface area contributed by atoms with E-state index in [0.717, 1.165) is 36.4 Å². The molecule has 0 bridgehead atoms. The van der Waals surface area contributed by atoms with Crippen LogP contribution in [0.4, 0.5) is 5.00 Å². The van der Waals surface area contributed by atoms with Gasteiger partial charge in [0.15, 0.2) is 0 Å². The quantitative estimate of drug-likeness (QED) is 0.710. The summed E-state index contributed by atoms with van der Waals surface area (Å²) in [5, 5.41) is 3.94. The molecule has 14 heavy (non-hydrogen) atoms. The normalized spacial score (nSPS) is 23.6. The largest absolute Gasteiger partial charge is 0.315 e. The number of amides is 1. The highest BCUT2D eigenvalue weighted by atomic mass is 32.1. The predicted octanol–water partition coefficient (Wildman–Crippen LogP) is 2.30. The van der Waals surface area contributed by atoms with E-state index in [4.69, 9.17) is 0 Å². The molecule has 4 heteroatoms. The van der Waals surface area contributed by atoms with Crippen molar-refractivity contribution in [2.45, 2.75) is 37.5 Å². The molecule has 1 aromatic heterocycles. The Balaban J connectivity index is 2.09. The van der Waals surface area contributed by atoms with Crippen LogP contribution >= 0.6 is 11.3 Å². The Bertz CT molecular complexity index is 379. The van der Waals surface area contributed by atoms with Crippen LogP contribution in [0.5, 0.6) is 0 Å². The molecule has 1 aromatic rings. The number of hydrogen-bond acceptors (Lipinski definition) is 3. The molecule has 0 saturated heterocycles. The van der Waals surface area contributed by atoms with E-state index in [9.17, 15) is 4.79 Å². The van der Waals surface area contributed by atoms with Gasteiger partial charge < -0.3 is 5.32 Å². The van der Waals surface area contributed by atoms with Crippen molar-refractivity contribution in [3.05, 3.63) is 11.2 Å². The number of nitrogens with zero attached hydrogens (tertiary/aromatic N) is 1. The summed E-state index contributed by atoms with van der Waals surface area (Å²) in [6.45, 7) is 0. The van der Waals surface area contributed by atoms with Gasteiger partial charge in [-0.25, -0.2) is 4.98 Å². The van der Waals surface area contributed by atoms with Crippen LogP contribution in [0, 0.1) is 0 Å². The van der Waals surface area contributed by atoms with E-state index < -0.39 is 0 Å². The van der Waals surface area contributed by atoms with Crippen LogP contribution < -0.4 is 5.32 Å². The van der Waals surface area contributed by atoms with Gasteiger partial charge >= 0.3 is 0 Å². The van der Waals surface area contributed by atoms with Crippen LogP contribution in [-0.4, -0.2) is 10.9 Å². The van der Waals surface area contributed by atoms with Crippen LogP contribution in [0.1, 0.15) is 37.8 Å². The number of hydrogen-bond donors (Lipinski definition) is 1. The minimum Gasteiger partial charge on any atom is -0.315 e. The summed E-state index contributed by atoms with van der Waals surface area (Å²) in [7, 11) is 0. The van der Waals surface area contributed by atoms with Crippen molar-refractivity contribution in [3.63, 3.8) is 0 Å². The lowest BCUT2D eigenvalue weighted by molar-refractivity contribution is -0.122. The first kappa shape index (κ1) is 8.41. The van der Waals surface area contributed by atoms with Gasteiger partial charge in [-0.15, -0.1) is 11.3 Å². The molecule has 1 spiro atoms. The maximum Gasteiger partial charge on any atom is 0.237 e. The van der Waals surface area contributed by atoms with Crippen LogP contribution in [0.25, 0.3) is 0 Å². The van der Waals surface area contributed by atoms with Gasteiger partial charge in [-0.05, 0) is 12.8 Å². The monoisotopic (exact) mass is 208 g/mol. The topological polar surface area (TPSA) is 42.0 Å². The highest BCUT2D eigenvalue weighted by molar-refractivity contribution is 7.14. The summed E-state index contributed by atoms with van der Waals surface area (Å²) in [5.74, 6) is 0.187. The maximum absolute atomic E-state index is 11.9. The van der Waals surface area contributed by atoms with Crippen molar-refractivity contribution in [2.75, 3.05) is 5.32 Å². The second-order valence-electron chi connectivity index (χ2n) is 4.13. The molecule has 0 radical (unpaired) electrons. The van der Waals surface area contributed by atoms with Crippen LogP contribution in [-0.2, 0) is 10.2 Å². The van der Waals surface area contributed by atoms with Crippen molar-refractivity contribution in [3.8, 4) is 0 Å². The zero-order valence-electron chi connectivity index (χ0n) is 7.88. The Labute approximate surface area is 86.5 Å². The average Bonchev–Trinajstić information content (AvgIpc) is 2.74. The highest BCUT2D eigenvalue weighted by Gasteiger charge is 2.49. The first-order chi connectivity index (χ1) is 6.83. The van der Waals surface area contributed by atoms with Gasteiger partial charge in [0.05, 0.1) is 16.6 Å². The van der Waals surface area contributed by atoms with Crippen molar-refractivity contribution >= 4 is 22.2 Å². The van der Waals surface area contributed by atoms with Gasteiger partial charge in [0, 0.05) is 0 Å². The number of carbonyl (C=O) groups excluding carboxylic acids is 1. The molecule has 1 saturated carbocycles. The second kappa shape index (κ2) is 2.79. The Morgan fingerprint density at radius 1 is 1.36 bits per heavy atom. The fraction of sp³-hybridized carbons (Fsp3) is 0.600. The fourth-order valence-electron chi connectivity index (χ4n) is 2.63. The van der Waals surface area contributed by atoms with Crippen molar-refractivity contribution in [1.29, 1.82) is 0 Å². The Hall–Kier alpha value is -0.900. The van der Waals surface area contributed by atoms with Gasteiger partial charge in [0.25, 0.3) is 0 Å². The van der Waals surface area contributed by atoms with E-state index in [1.54, 1.807) is 11.3 Å². The van der Waals surface area contributed by atoms with Gasteiger partial charge in [0.1, 0.15) is 5.00 Å². The van der Waals surface area contributed by atoms with E-state index in [1.165, 1.54) is 6.42 Å². The van der Waals surface area contributed by atoms with Gasteiger partial charge in [-0.3, -0.25) is 4.79 Å². The molecule has 3 nitrogen and oxygen atoms in total. The SMILES string of the molecule is O=C1Nc2scnc2C12CCCCC2. The number of rotatable bonds is 0. The third-order valence-electron chi connectivity index (χ3n) is 3.39. The Kier molecular flexibility index (Phi) is 1.68. The molecule has 1 fully saturated rings. The first-order valence-electron chi connectivity index (χ1n) is 5.08. The summed E-state index contributed by atoms with van der Waals surface area (Å²) in [5.41, 5.74) is 2.60. The van der Waals surface area contributed by atoms with E-state index in [-0.39, 0.29) is 11.3 Å². The number of aromatic nitrogens is 1. The number of thiazole rings is 1. The molecular formula is C10H12N2OS. The summed E-state index contributed by atoms with van der Waals surface area (Å²) in [4.78, 5) is 16.3. The van der Waals surface area contributed by atoms with Gasteiger partial charge in [-0.2, -0.15) is 0 Å². The molecule has 1 amide bonds. The summed E-state index contributed by atoms with van der Waals surface area (Å²) in [6, 6.07) is 0. The minimum absolute atomic E-state index is 0.187. The van der Waals surface area contributed by atoms with Crippen LogP contribution in [0.2, 0.25) is 0 Å². The molecule has 1 aliphatic heterocycles. The molecule has 0 atom stereocenters. The number of carbonyl (C=O) groups is 1. The van der Waals surface area contributed by atoms with E-state index in [1.807, 2.05) is 5.51 Å². The molecule has 0 aromatic carbocycles. The lowest BCUT2D eigenvalue weighted by Crippen LogP contribution is -2.36. The van der Waals surface area contributed by atoms with E-state index in [0.29, 0.717) is 0 Å². The molecular weight excluding hydrogens is 196 g/mol. The second-order valence-corrected chi connectivity index (χ2v) is 4.98. The van der Waals surface area contributed by atoms with Gasteiger partial charge in [-0.1, -0.05) is 19.3 Å². The van der Waals surface area contributed by atoms with Crippen molar-refractivity contribution < 1.29 is 4.79 Å². The summed E-state index contributed by atoms with van der Waals surface area (Å²) < 4.78 is 0. The molecule has 3 rings (SSSR count). The zero-order chi connectivity index (χ0) is 9.60. The number of nitrogens with one attached hydrogen (secondary N) is 1. The average molecular weight is 208 g/mol. The standard InChI is InChI=1S/C10H12N2OS/c13-9-10(4-2-1-3-5-10)7-8(12-9)14-6-11-7/h6H,1-5H2,(H,12,13). The third-order valence-corrected chi connectivity index (χ3v) is 4.13. The van der Waals surface area contributed by atoms with Gasteiger partial charge in [0.2, 0.25) is 5.91 Å². The summed E-state index contributed by atoms with van der Waals surface area (Å²) in [6.07, 6.45) is 5.54. The molecule has 2 aliphatic rings. The number of anilines is 1. The molecule has 1 aliphatic carbocycles. The fourth-order valence-corrected chi connectivity index (χ4v) is 3.40. The van der Waals surface area contributed by atoms with Crippen LogP contribution in [0.15, 0.2) is 5.51 Å². The summed E-state index contributed by atoms with van der Waals surface area (Å²) >= 11 is 1.54. The van der Waals surface area contributed by atoms with E-state index >= 15 is 0 Å². The molecule has 74 valence electrons. The Morgan fingerprint density at radius 2 is 2.14 bits per heavy atom. The molecule has 2 heterocycles. The molecule has 0 unspecified atom stereocenters. The minimum atomic E-state index is -0.256. The first-order valence-corrected chi connectivity index (χ1v) is 5.96. The third kappa shape index (κ3) is 0.919.